The zero-order valence-electron chi connectivity index (χ0n) is 21.3. The van der Waals surface area contributed by atoms with E-state index in [0.29, 0.717) is 18.4 Å². The van der Waals surface area contributed by atoms with Crippen LogP contribution >= 0.6 is 0 Å². The molecule has 0 unspecified atom stereocenters. The number of alkyl carbamates (subject to hydrolysis) is 1. The van der Waals surface area contributed by atoms with Crippen molar-refractivity contribution in [3.05, 3.63) is 65.5 Å². The molecule has 3 amide bonds. The van der Waals surface area contributed by atoms with Gasteiger partial charge in [-0.05, 0) is 50.8 Å². The van der Waals surface area contributed by atoms with Crippen LogP contribution in [0.2, 0.25) is 0 Å². The van der Waals surface area contributed by atoms with E-state index in [4.69, 9.17) is 10.00 Å². The van der Waals surface area contributed by atoms with Crippen molar-refractivity contribution >= 4 is 17.9 Å². The van der Waals surface area contributed by atoms with Crippen LogP contribution in [0.4, 0.5) is 4.79 Å². The van der Waals surface area contributed by atoms with E-state index < -0.39 is 41.7 Å². The molecule has 1 saturated heterocycles. The Morgan fingerprint density at radius 2 is 1.92 bits per heavy atom. The molecule has 1 aromatic heterocycles. The molecule has 3 rings (SSSR count). The van der Waals surface area contributed by atoms with Crippen molar-refractivity contribution < 1.29 is 24.2 Å². The van der Waals surface area contributed by atoms with E-state index in [2.05, 4.69) is 15.6 Å². The molecule has 196 valence electrons. The van der Waals surface area contributed by atoms with Gasteiger partial charge in [0, 0.05) is 25.7 Å². The number of nitrogens with one attached hydrogen (secondary N) is 2. The monoisotopic (exact) mass is 507 g/mol. The van der Waals surface area contributed by atoms with E-state index >= 15 is 0 Å². The Labute approximate surface area is 216 Å². The van der Waals surface area contributed by atoms with Crippen molar-refractivity contribution in [1.82, 2.24) is 20.5 Å². The van der Waals surface area contributed by atoms with Crippen LogP contribution in [0.3, 0.4) is 0 Å². The number of hydrogen-bond donors (Lipinski definition) is 3. The minimum atomic E-state index is -0.946. The van der Waals surface area contributed by atoms with Crippen LogP contribution in [-0.4, -0.2) is 63.2 Å². The molecule has 3 N–H and O–H groups in total. The molecule has 1 aromatic carbocycles. The molecule has 0 radical (unpaired) electrons. The Bertz CT molecular complexity index is 1120. The van der Waals surface area contributed by atoms with Gasteiger partial charge < -0.3 is 25.4 Å². The molecule has 0 saturated carbocycles. The Balaban J connectivity index is 1.71. The van der Waals surface area contributed by atoms with Gasteiger partial charge in [-0.1, -0.05) is 36.4 Å². The first-order valence-electron chi connectivity index (χ1n) is 12.2. The molecule has 0 aliphatic carbocycles. The maximum absolute atomic E-state index is 13.6. The van der Waals surface area contributed by atoms with Gasteiger partial charge in [0.1, 0.15) is 29.4 Å². The maximum Gasteiger partial charge on any atom is 0.408 e. The molecule has 10 heteroatoms. The lowest BCUT2D eigenvalue weighted by Gasteiger charge is -2.29. The van der Waals surface area contributed by atoms with Gasteiger partial charge in [-0.25, -0.2) is 9.78 Å². The van der Waals surface area contributed by atoms with Crippen LogP contribution < -0.4 is 10.6 Å². The van der Waals surface area contributed by atoms with Gasteiger partial charge in [-0.3, -0.25) is 9.59 Å². The lowest BCUT2D eigenvalue weighted by molar-refractivity contribution is -0.140. The van der Waals surface area contributed by atoms with Gasteiger partial charge in [-0.2, -0.15) is 5.26 Å². The first-order chi connectivity index (χ1) is 17.6. The third-order valence-corrected chi connectivity index (χ3v) is 5.82. The summed E-state index contributed by atoms with van der Waals surface area (Å²) < 4.78 is 5.36. The summed E-state index contributed by atoms with van der Waals surface area (Å²) >= 11 is 0. The third-order valence-electron chi connectivity index (χ3n) is 5.82. The zero-order valence-corrected chi connectivity index (χ0v) is 21.3. The number of aromatic nitrogens is 1. The van der Waals surface area contributed by atoms with Crippen LogP contribution in [0.15, 0.2) is 48.7 Å². The van der Waals surface area contributed by atoms with Gasteiger partial charge in [-0.15, -0.1) is 0 Å². The molecular formula is C27H33N5O5. The first-order valence-corrected chi connectivity index (χ1v) is 12.2. The van der Waals surface area contributed by atoms with Gasteiger partial charge in [0.25, 0.3) is 0 Å². The summed E-state index contributed by atoms with van der Waals surface area (Å²) in [6, 6.07) is 12.9. The number of ether oxygens (including phenoxy) is 1. The highest BCUT2D eigenvalue weighted by molar-refractivity contribution is 5.92. The second-order valence-electron chi connectivity index (χ2n) is 10.0. The topological polar surface area (TPSA) is 145 Å². The van der Waals surface area contributed by atoms with Crippen molar-refractivity contribution in [2.24, 2.45) is 0 Å². The number of carbonyl (C=O) groups excluding carboxylic acids is 3. The van der Waals surface area contributed by atoms with Crippen LogP contribution in [-0.2, 0) is 27.3 Å². The number of likely N-dealkylation sites (tertiary alicyclic amines) is 1. The second kappa shape index (κ2) is 12.3. The van der Waals surface area contributed by atoms with Crippen molar-refractivity contribution in [2.45, 2.75) is 70.4 Å². The number of carbonyl (C=O) groups is 3. The summed E-state index contributed by atoms with van der Waals surface area (Å²) in [5.41, 5.74) is 1.21. The standard InChI is InChI=1S/C27H33N5O5/c1-27(2,3)37-26(36)31-22(12-10-18-7-5-4-6-8-18)25(35)32-17-21(33)13-23(32)24(34)30-16-19-9-11-20(14-28)29-15-19/h4-9,11,15,21-23,33H,10,12-13,16-17H2,1-3H3,(H,30,34)(H,31,36)/t21-,22+,23-/m0/s1. The zero-order chi connectivity index (χ0) is 27.0. The Morgan fingerprint density at radius 3 is 2.54 bits per heavy atom. The highest BCUT2D eigenvalue weighted by Crippen LogP contribution is 2.21. The molecule has 1 fully saturated rings. The number of nitriles is 1. The molecule has 3 atom stereocenters. The van der Waals surface area contributed by atoms with Crippen molar-refractivity contribution in [3.63, 3.8) is 0 Å². The molecule has 0 spiro atoms. The highest BCUT2D eigenvalue weighted by atomic mass is 16.6. The molecule has 2 heterocycles. The fraction of sp³-hybridized carbons (Fsp3) is 0.444. The minimum Gasteiger partial charge on any atom is -0.444 e. The summed E-state index contributed by atoms with van der Waals surface area (Å²) in [5, 5.41) is 24.6. The molecular weight excluding hydrogens is 474 g/mol. The van der Waals surface area contributed by atoms with Gasteiger partial charge >= 0.3 is 6.09 Å². The van der Waals surface area contributed by atoms with E-state index in [1.807, 2.05) is 36.4 Å². The Hall–Kier alpha value is -3.97. The van der Waals surface area contributed by atoms with Crippen molar-refractivity contribution in [3.8, 4) is 6.07 Å². The van der Waals surface area contributed by atoms with E-state index in [1.54, 1.807) is 32.9 Å². The number of pyridine rings is 1. The number of β-amino-alcohol motifs (C(OH)–C–C–N with tert-alkyl or cyclic N) is 1. The van der Waals surface area contributed by atoms with Crippen LogP contribution in [0.5, 0.6) is 0 Å². The number of amides is 3. The largest absolute Gasteiger partial charge is 0.444 e. The summed E-state index contributed by atoms with van der Waals surface area (Å²) in [5.74, 6) is -0.883. The number of hydrogen-bond acceptors (Lipinski definition) is 7. The minimum absolute atomic E-state index is 0.0207. The normalized spacial score (nSPS) is 18.0. The molecule has 1 aliphatic heterocycles. The Kier molecular flexibility index (Phi) is 9.20. The molecule has 2 aromatic rings. The lowest BCUT2D eigenvalue weighted by Crippen LogP contribution is -2.54. The van der Waals surface area contributed by atoms with Crippen molar-refractivity contribution in [2.75, 3.05) is 6.54 Å². The van der Waals surface area contributed by atoms with Gasteiger partial charge in [0.15, 0.2) is 0 Å². The predicted molar refractivity (Wildman–Crippen MR) is 135 cm³/mol. The van der Waals surface area contributed by atoms with E-state index in [0.717, 1.165) is 5.56 Å². The summed E-state index contributed by atoms with van der Waals surface area (Å²) in [6.07, 6.45) is 0.795. The van der Waals surface area contributed by atoms with Gasteiger partial charge in [0.05, 0.1) is 6.10 Å². The number of rotatable bonds is 8. The predicted octanol–water partition coefficient (Wildman–Crippen LogP) is 2.06. The number of aryl methyl sites for hydroxylation is 1. The summed E-state index contributed by atoms with van der Waals surface area (Å²) in [4.78, 5) is 44.4. The molecule has 10 nitrogen and oxygen atoms in total. The SMILES string of the molecule is CC(C)(C)OC(=O)N[C@H](CCc1ccccc1)C(=O)N1C[C@@H](O)C[C@H]1C(=O)NCc1ccc(C#N)nc1. The number of nitrogens with zero attached hydrogens (tertiary/aromatic N) is 3. The Morgan fingerprint density at radius 1 is 1.19 bits per heavy atom. The van der Waals surface area contributed by atoms with E-state index in [1.165, 1.54) is 11.1 Å². The average molecular weight is 508 g/mol. The van der Waals surface area contributed by atoms with Crippen LogP contribution in [0.25, 0.3) is 0 Å². The van der Waals surface area contributed by atoms with E-state index in [9.17, 15) is 19.5 Å². The molecule has 37 heavy (non-hydrogen) atoms. The van der Waals surface area contributed by atoms with Gasteiger partial charge in [0.2, 0.25) is 11.8 Å². The van der Waals surface area contributed by atoms with E-state index in [-0.39, 0.29) is 25.2 Å². The molecule has 1 aliphatic rings. The number of benzene rings is 1. The number of aliphatic hydroxyl groups is 1. The highest BCUT2D eigenvalue weighted by Gasteiger charge is 2.41. The molecule has 0 bridgehead atoms. The van der Waals surface area contributed by atoms with Crippen molar-refractivity contribution in [1.29, 1.82) is 5.26 Å². The fourth-order valence-corrected chi connectivity index (χ4v) is 4.07. The van der Waals surface area contributed by atoms with Crippen LogP contribution in [0, 0.1) is 11.3 Å². The summed E-state index contributed by atoms with van der Waals surface area (Å²) in [7, 11) is 0. The lowest BCUT2D eigenvalue weighted by atomic mass is 10.0. The second-order valence-corrected chi connectivity index (χ2v) is 10.0. The average Bonchev–Trinajstić information content (AvgIpc) is 3.26. The maximum atomic E-state index is 13.6. The third kappa shape index (κ3) is 8.29. The quantitative estimate of drug-likeness (QED) is 0.496. The first kappa shape index (κ1) is 27.6. The summed E-state index contributed by atoms with van der Waals surface area (Å²) in [6.45, 7) is 5.32. The smallest absolute Gasteiger partial charge is 0.408 e. The fourth-order valence-electron chi connectivity index (χ4n) is 4.07. The number of aliphatic hydroxyl groups excluding tert-OH is 1. The van der Waals surface area contributed by atoms with Crippen LogP contribution in [0.1, 0.15) is 50.4 Å².